The molecule has 0 bridgehead atoms. The summed E-state index contributed by atoms with van der Waals surface area (Å²) in [5, 5.41) is 0. The van der Waals surface area contributed by atoms with Crippen molar-refractivity contribution >= 4 is 17.4 Å². The molecule has 1 nitrogen and oxygen atoms in total. The summed E-state index contributed by atoms with van der Waals surface area (Å²) in [4.78, 5) is 3.57. The molecule has 0 saturated carbocycles. The Morgan fingerprint density at radius 1 is 1.43 bits per heavy atom. The Morgan fingerprint density at radius 3 is 3.14 bits per heavy atom. The summed E-state index contributed by atoms with van der Waals surface area (Å²) in [7, 11) is 0. The van der Waals surface area contributed by atoms with E-state index in [-0.39, 0.29) is 0 Å². The molecule has 1 aliphatic heterocycles. The van der Waals surface area contributed by atoms with E-state index >= 15 is 0 Å². The van der Waals surface area contributed by atoms with Gasteiger partial charge in [-0.05, 0) is 12.1 Å². The molecule has 0 amide bonds. The first-order chi connectivity index (χ1) is 6.92. The fourth-order valence-electron chi connectivity index (χ4n) is 1.50. The maximum absolute atomic E-state index is 3.78. The molecular formula is C12H13NS. The van der Waals surface area contributed by atoms with Crippen molar-refractivity contribution in [3.05, 3.63) is 49.2 Å². The summed E-state index contributed by atoms with van der Waals surface area (Å²) < 4.78 is 0. The van der Waals surface area contributed by atoms with Gasteiger partial charge in [0.25, 0.3) is 0 Å². The maximum atomic E-state index is 3.78. The number of benzene rings is 1. The highest BCUT2D eigenvalue weighted by atomic mass is 32.2. The predicted octanol–water partition coefficient (Wildman–Crippen LogP) is 3.30. The van der Waals surface area contributed by atoms with Crippen LogP contribution in [-0.2, 0) is 0 Å². The van der Waals surface area contributed by atoms with Crippen molar-refractivity contribution in [3.8, 4) is 0 Å². The quantitative estimate of drug-likeness (QED) is 0.678. The van der Waals surface area contributed by atoms with Crippen LogP contribution in [0.4, 0.5) is 5.69 Å². The Hall–Kier alpha value is -1.15. The molecule has 0 fully saturated rings. The molecule has 2 heteroatoms. The van der Waals surface area contributed by atoms with Crippen LogP contribution < -0.4 is 4.90 Å². The van der Waals surface area contributed by atoms with Crippen LogP contribution in [0.2, 0.25) is 0 Å². The molecule has 14 heavy (non-hydrogen) atoms. The number of hydrogen-bond acceptors (Lipinski definition) is 2. The van der Waals surface area contributed by atoms with Gasteiger partial charge in [-0.25, -0.2) is 0 Å². The molecule has 0 aromatic heterocycles. The van der Waals surface area contributed by atoms with Crippen LogP contribution >= 0.6 is 11.8 Å². The zero-order valence-electron chi connectivity index (χ0n) is 8.02. The van der Waals surface area contributed by atoms with Crippen LogP contribution in [0.3, 0.4) is 0 Å². The number of rotatable bonds is 2. The van der Waals surface area contributed by atoms with Crippen LogP contribution in [0, 0.1) is 0 Å². The van der Waals surface area contributed by atoms with E-state index in [1.165, 1.54) is 10.6 Å². The van der Waals surface area contributed by atoms with Gasteiger partial charge in [0.05, 0.1) is 5.69 Å². The Bertz CT molecular complexity index is 357. The topological polar surface area (TPSA) is 3.24 Å². The number of para-hydroxylation sites is 1. The first-order valence-corrected chi connectivity index (χ1v) is 5.66. The van der Waals surface area contributed by atoms with Crippen LogP contribution in [0.1, 0.15) is 0 Å². The zero-order valence-corrected chi connectivity index (χ0v) is 8.83. The highest BCUT2D eigenvalue weighted by molar-refractivity contribution is 7.99. The normalized spacial score (nSPS) is 14.7. The number of fused-ring (bicyclic) bond motifs is 1. The van der Waals surface area contributed by atoms with E-state index in [2.05, 4.69) is 48.0 Å². The van der Waals surface area contributed by atoms with E-state index in [4.69, 9.17) is 0 Å². The van der Waals surface area contributed by atoms with Gasteiger partial charge in [-0.1, -0.05) is 24.3 Å². The van der Waals surface area contributed by atoms with E-state index < -0.39 is 0 Å². The smallest absolute Gasteiger partial charge is 0.0547 e. The first kappa shape index (κ1) is 9.41. The summed E-state index contributed by atoms with van der Waals surface area (Å²) in [6.07, 6.45) is 6.26. The largest absolute Gasteiger partial charge is 0.344 e. The van der Waals surface area contributed by atoms with Crippen molar-refractivity contribution in [3.63, 3.8) is 0 Å². The highest BCUT2D eigenvalue weighted by Gasteiger charge is 2.09. The van der Waals surface area contributed by atoms with Crippen LogP contribution in [0.25, 0.3) is 0 Å². The van der Waals surface area contributed by atoms with Gasteiger partial charge in [0, 0.05) is 23.4 Å². The fourth-order valence-corrected chi connectivity index (χ4v) is 2.37. The summed E-state index contributed by atoms with van der Waals surface area (Å²) in [5.74, 6) is 1.05. The van der Waals surface area contributed by atoms with Crippen molar-refractivity contribution in [2.24, 2.45) is 0 Å². The summed E-state index contributed by atoms with van der Waals surface area (Å²) >= 11 is 1.88. The molecule has 0 radical (unpaired) electrons. The molecule has 72 valence electrons. The molecule has 2 rings (SSSR count). The van der Waals surface area contributed by atoms with E-state index in [0.717, 1.165) is 12.3 Å². The van der Waals surface area contributed by atoms with Gasteiger partial charge in [-0.15, -0.1) is 18.3 Å². The number of hydrogen-bond donors (Lipinski definition) is 0. The second kappa shape index (κ2) is 4.38. The number of anilines is 1. The van der Waals surface area contributed by atoms with Gasteiger partial charge in [-0.3, -0.25) is 0 Å². The van der Waals surface area contributed by atoms with Crippen molar-refractivity contribution < 1.29 is 0 Å². The SMILES string of the molecule is C=CCN1C=CCSc2ccccc21. The predicted molar refractivity (Wildman–Crippen MR) is 63.8 cm³/mol. The molecule has 1 heterocycles. The van der Waals surface area contributed by atoms with E-state index in [1.54, 1.807) is 0 Å². The number of thioether (sulfide) groups is 1. The Morgan fingerprint density at radius 2 is 2.29 bits per heavy atom. The molecular weight excluding hydrogens is 190 g/mol. The van der Waals surface area contributed by atoms with Gasteiger partial charge in [0.15, 0.2) is 0 Å². The maximum Gasteiger partial charge on any atom is 0.0547 e. The molecule has 0 unspecified atom stereocenters. The van der Waals surface area contributed by atoms with Gasteiger partial charge in [0.2, 0.25) is 0 Å². The lowest BCUT2D eigenvalue weighted by atomic mass is 10.3. The first-order valence-electron chi connectivity index (χ1n) is 4.68. The summed E-state index contributed by atoms with van der Waals surface area (Å²) in [6, 6.07) is 8.49. The molecule has 0 saturated heterocycles. The molecule has 1 aromatic rings. The monoisotopic (exact) mass is 203 g/mol. The fraction of sp³-hybridized carbons (Fsp3) is 0.167. The molecule has 0 N–H and O–H groups in total. The minimum atomic E-state index is 0.869. The van der Waals surface area contributed by atoms with Gasteiger partial charge >= 0.3 is 0 Å². The summed E-state index contributed by atoms with van der Waals surface area (Å²) in [5.41, 5.74) is 1.28. The molecule has 0 aliphatic carbocycles. The minimum absolute atomic E-state index is 0.869. The lowest BCUT2D eigenvalue weighted by Crippen LogP contribution is -2.15. The van der Waals surface area contributed by atoms with Crippen LogP contribution in [0.15, 0.2) is 54.1 Å². The van der Waals surface area contributed by atoms with Gasteiger partial charge < -0.3 is 4.90 Å². The second-order valence-electron chi connectivity index (χ2n) is 3.10. The Labute approximate surface area is 89.1 Å². The van der Waals surface area contributed by atoms with Crippen molar-refractivity contribution in [2.75, 3.05) is 17.2 Å². The van der Waals surface area contributed by atoms with E-state index in [0.29, 0.717) is 0 Å². The number of nitrogens with zero attached hydrogens (tertiary/aromatic N) is 1. The zero-order chi connectivity index (χ0) is 9.80. The van der Waals surface area contributed by atoms with Gasteiger partial charge in [-0.2, -0.15) is 0 Å². The van der Waals surface area contributed by atoms with Crippen LogP contribution in [0.5, 0.6) is 0 Å². The van der Waals surface area contributed by atoms with E-state index in [1.807, 2.05) is 17.8 Å². The minimum Gasteiger partial charge on any atom is -0.344 e. The third kappa shape index (κ3) is 1.85. The van der Waals surface area contributed by atoms with Gasteiger partial charge in [0.1, 0.15) is 0 Å². The Kier molecular flexibility index (Phi) is 2.94. The lowest BCUT2D eigenvalue weighted by Gasteiger charge is -2.19. The average molecular weight is 203 g/mol. The Balaban J connectivity index is 2.38. The molecule has 1 aliphatic rings. The average Bonchev–Trinajstić information content (AvgIpc) is 2.42. The van der Waals surface area contributed by atoms with Crippen LogP contribution in [-0.4, -0.2) is 12.3 Å². The van der Waals surface area contributed by atoms with E-state index in [9.17, 15) is 0 Å². The van der Waals surface area contributed by atoms with Crippen molar-refractivity contribution in [1.29, 1.82) is 0 Å². The highest BCUT2D eigenvalue weighted by Crippen LogP contribution is 2.32. The van der Waals surface area contributed by atoms with Crippen molar-refractivity contribution in [2.45, 2.75) is 4.90 Å². The van der Waals surface area contributed by atoms with Crippen molar-refractivity contribution in [1.82, 2.24) is 0 Å². The molecule has 0 spiro atoms. The lowest BCUT2D eigenvalue weighted by molar-refractivity contribution is 1.07. The molecule has 0 atom stereocenters. The summed E-state index contributed by atoms with van der Waals surface area (Å²) in [6.45, 7) is 4.65. The second-order valence-corrected chi connectivity index (χ2v) is 4.17. The molecule has 1 aromatic carbocycles. The standard InChI is InChI=1S/C12H13NS/c1-2-8-13-9-5-10-14-12-7-4-3-6-11(12)13/h2-7,9H,1,8,10H2. The third-order valence-corrected chi connectivity index (χ3v) is 3.14. The third-order valence-electron chi connectivity index (χ3n) is 2.12.